The Balaban J connectivity index is 2.19. The number of hydrogen-bond donors (Lipinski definition) is 3. The van der Waals surface area contributed by atoms with Crippen LogP contribution in [0.15, 0.2) is 12.4 Å². The van der Waals surface area contributed by atoms with Gasteiger partial charge < -0.3 is 15.4 Å². The molecule has 6 nitrogen and oxygen atoms in total. The van der Waals surface area contributed by atoms with E-state index in [1.807, 2.05) is 0 Å². The van der Waals surface area contributed by atoms with Crippen LogP contribution in [-0.2, 0) is 0 Å². The first-order valence-electron chi connectivity index (χ1n) is 5.56. The number of carbonyl (C=O) groups is 1. The van der Waals surface area contributed by atoms with Crippen molar-refractivity contribution < 1.29 is 9.90 Å². The molecule has 0 aliphatic carbocycles. The molecule has 3 N–H and O–H groups in total. The number of pyridine rings is 1. The number of carboxylic acid groups (broad SMARTS) is 1. The zero-order chi connectivity index (χ0) is 11.8. The van der Waals surface area contributed by atoms with Crippen LogP contribution in [0.25, 0.3) is 11.0 Å². The zero-order valence-corrected chi connectivity index (χ0v) is 9.10. The normalized spacial score (nSPS) is 19.9. The van der Waals surface area contributed by atoms with Crippen molar-refractivity contribution in [3.63, 3.8) is 0 Å². The molecule has 2 aromatic rings. The highest BCUT2D eigenvalue weighted by atomic mass is 16.4. The predicted octanol–water partition coefficient (Wildman–Crippen LogP) is 1.08. The van der Waals surface area contributed by atoms with Gasteiger partial charge in [0, 0.05) is 0 Å². The number of carboxylic acids is 1. The van der Waals surface area contributed by atoms with E-state index in [9.17, 15) is 4.79 Å². The van der Waals surface area contributed by atoms with E-state index in [0.717, 1.165) is 36.1 Å². The number of imidazole rings is 1. The third kappa shape index (κ3) is 1.66. The first kappa shape index (κ1) is 10.2. The summed E-state index contributed by atoms with van der Waals surface area (Å²) in [6.07, 6.45) is 3.62. The molecule has 0 radical (unpaired) electrons. The van der Waals surface area contributed by atoms with Crippen LogP contribution in [-0.4, -0.2) is 32.6 Å². The van der Waals surface area contributed by atoms with Crippen molar-refractivity contribution in [2.45, 2.75) is 18.9 Å². The summed E-state index contributed by atoms with van der Waals surface area (Å²) in [4.78, 5) is 22.4. The van der Waals surface area contributed by atoms with Crippen molar-refractivity contribution in [1.29, 1.82) is 0 Å². The summed E-state index contributed by atoms with van der Waals surface area (Å²) in [5.41, 5.74) is 2.28. The number of aromatic nitrogens is 3. The van der Waals surface area contributed by atoms with Gasteiger partial charge in [0.05, 0.1) is 23.6 Å². The van der Waals surface area contributed by atoms with E-state index in [2.05, 4.69) is 20.3 Å². The van der Waals surface area contributed by atoms with Gasteiger partial charge in [-0.25, -0.2) is 14.8 Å². The van der Waals surface area contributed by atoms with E-state index >= 15 is 0 Å². The van der Waals surface area contributed by atoms with Crippen LogP contribution in [0.5, 0.6) is 0 Å². The van der Waals surface area contributed by atoms with Crippen molar-refractivity contribution in [1.82, 2.24) is 20.3 Å². The Morgan fingerprint density at radius 3 is 3.12 bits per heavy atom. The van der Waals surface area contributed by atoms with Crippen LogP contribution in [0.1, 0.15) is 35.1 Å². The lowest BCUT2D eigenvalue weighted by atomic mass is 10.1. The molecular weight excluding hydrogens is 220 g/mol. The summed E-state index contributed by atoms with van der Waals surface area (Å²) >= 11 is 0. The molecule has 0 bridgehead atoms. The lowest BCUT2D eigenvalue weighted by Crippen LogP contribution is -2.16. The Morgan fingerprint density at radius 1 is 1.53 bits per heavy atom. The maximum Gasteiger partial charge on any atom is 0.354 e. The molecule has 1 unspecified atom stereocenters. The first-order valence-corrected chi connectivity index (χ1v) is 5.56. The number of nitrogens with zero attached hydrogens (tertiary/aromatic N) is 2. The molecular formula is C11H12N4O2. The summed E-state index contributed by atoms with van der Waals surface area (Å²) in [5.74, 6) is -1.01. The number of fused-ring (bicyclic) bond motifs is 1. The molecule has 6 heteroatoms. The summed E-state index contributed by atoms with van der Waals surface area (Å²) < 4.78 is 0. The van der Waals surface area contributed by atoms with Crippen LogP contribution in [0.3, 0.4) is 0 Å². The third-order valence-corrected chi connectivity index (χ3v) is 3.04. The molecule has 1 saturated heterocycles. The molecule has 0 amide bonds. The fourth-order valence-corrected chi connectivity index (χ4v) is 2.24. The molecule has 3 heterocycles. The molecule has 17 heavy (non-hydrogen) atoms. The molecule has 0 spiro atoms. The highest BCUT2D eigenvalue weighted by molar-refractivity contribution is 5.90. The van der Waals surface area contributed by atoms with Gasteiger partial charge in [-0.15, -0.1) is 0 Å². The number of H-pyrrole nitrogens is 1. The van der Waals surface area contributed by atoms with Gasteiger partial charge >= 0.3 is 5.97 Å². The summed E-state index contributed by atoms with van der Waals surface area (Å²) in [7, 11) is 0. The quantitative estimate of drug-likeness (QED) is 0.720. The lowest BCUT2D eigenvalue weighted by Gasteiger charge is -2.10. The maximum absolute atomic E-state index is 11.0. The van der Waals surface area contributed by atoms with Crippen LogP contribution < -0.4 is 5.32 Å². The minimum absolute atomic E-state index is 0.0606. The standard InChI is InChI=1S/C11H12N4O2/c16-11(17)8-4-7-9(14-5-13-7)10(15-8)6-2-1-3-12-6/h4-6,12H,1-3H2,(H,13,14)(H,16,17). The van der Waals surface area contributed by atoms with Gasteiger partial charge in [0.2, 0.25) is 0 Å². The van der Waals surface area contributed by atoms with Crippen molar-refractivity contribution in [3.05, 3.63) is 23.8 Å². The summed E-state index contributed by atoms with van der Waals surface area (Å²) in [6, 6.07) is 1.63. The van der Waals surface area contributed by atoms with Gasteiger partial charge in [-0.3, -0.25) is 0 Å². The molecule has 0 saturated carbocycles. The first-order chi connectivity index (χ1) is 8.25. The Bertz CT molecular complexity index is 572. The number of rotatable bonds is 2. The molecule has 1 aliphatic heterocycles. The maximum atomic E-state index is 11.0. The smallest absolute Gasteiger partial charge is 0.354 e. The average Bonchev–Trinajstić information content (AvgIpc) is 2.98. The van der Waals surface area contributed by atoms with Crippen LogP contribution in [0.4, 0.5) is 0 Å². The lowest BCUT2D eigenvalue weighted by molar-refractivity contribution is 0.0690. The number of aromatic carboxylic acids is 1. The molecule has 3 rings (SSSR count). The average molecular weight is 232 g/mol. The number of nitrogens with one attached hydrogen (secondary N) is 2. The summed E-state index contributed by atoms with van der Waals surface area (Å²) in [5, 5.41) is 12.3. The summed E-state index contributed by atoms with van der Waals surface area (Å²) in [6.45, 7) is 0.940. The molecule has 1 atom stereocenters. The Labute approximate surface area is 97.1 Å². The van der Waals surface area contributed by atoms with Gasteiger partial charge in [-0.1, -0.05) is 0 Å². The number of hydrogen-bond acceptors (Lipinski definition) is 4. The second-order valence-electron chi connectivity index (χ2n) is 4.15. The SMILES string of the molecule is O=C(O)c1cc2[nH]cnc2c(C2CCCN2)n1. The number of aromatic amines is 1. The molecule has 2 aromatic heterocycles. The molecule has 1 fully saturated rings. The van der Waals surface area contributed by atoms with Crippen molar-refractivity contribution in [3.8, 4) is 0 Å². The van der Waals surface area contributed by atoms with Gasteiger partial charge in [0.1, 0.15) is 5.52 Å². The van der Waals surface area contributed by atoms with E-state index in [0.29, 0.717) is 0 Å². The van der Waals surface area contributed by atoms with Gasteiger partial charge in [-0.05, 0) is 25.5 Å². The monoisotopic (exact) mass is 232 g/mol. The Morgan fingerprint density at radius 2 is 2.41 bits per heavy atom. The Kier molecular flexibility index (Phi) is 2.29. The molecule has 88 valence electrons. The fraction of sp³-hybridized carbons (Fsp3) is 0.364. The van der Waals surface area contributed by atoms with E-state index in [4.69, 9.17) is 5.11 Å². The van der Waals surface area contributed by atoms with E-state index < -0.39 is 5.97 Å². The highest BCUT2D eigenvalue weighted by Gasteiger charge is 2.23. The van der Waals surface area contributed by atoms with Gasteiger partial charge in [0.15, 0.2) is 5.69 Å². The molecule has 0 aromatic carbocycles. The van der Waals surface area contributed by atoms with Crippen LogP contribution in [0.2, 0.25) is 0 Å². The highest BCUT2D eigenvalue weighted by Crippen LogP contribution is 2.27. The van der Waals surface area contributed by atoms with Crippen molar-refractivity contribution in [2.75, 3.05) is 6.54 Å². The Hall–Kier alpha value is -1.95. The second kappa shape index (κ2) is 3.81. The van der Waals surface area contributed by atoms with Crippen LogP contribution >= 0.6 is 0 Å². The largest absolute Gasteiger partial charge is 0.477 e. The third-order valence-electron chi connectivity index (χ3n) is 3.04. The van der Waals surface area contributed by atoms with E-state index in [1.165, 1.54) is 6.07 Å². The fourth-order valence-electron chi connectivity index (χ4n) is 2.24. The van der Waals surface area contributed by atoms with E-state index in [1.54, 1.807) is 6.33 Å². The molecule has 1 aliphatic rings. The van der Waals surface area contributed by atoms with Crippen molar-refractivity contribution in [2.24, 2.45) is 0 Å². The van der Waals surface area contributed by atoms with Crippen LogP contribution in [0, 0.1) is 0 Å². The van der Waals surface area contributed by atoms with Crippen molar-refractivity contribution >= 4 is 17.0 Å². The zero-order valence-electron chi connectivity index (χ0n) is 9.10. The topological polar surface area (TPSA) is 90.9 Å². The van der Waals surface area contributed by atoms with E-state index in [-0.39, 0.29) is 11.7 Å². The predicted molar refractivity (Wildman–Crippen MR) is 60.8 cm³/mol. The minimum atomic E-state index is -1.01. The van der Waals surface area contributed by atoms with Gasteiger partial charge in [0.25, 0.3) is 0 Å². The van der Waals surface area contributed by atoms with Gasteiger partial charge in [-0.2, -0.15) is 0 Å². The second-order valence-corrected chi connectivity index (χ2v) is 4.15. The minimum Gasteiger partial charge on any atom is -0.477 e.